The van der Waals surface area contributed by atoms with Gasteiger partial charge in [0, 0.05) is 38.4 Å². The molecule has 40 heavy (non-hydrogen) atoms. The maximum absolute atomic E-state index is 9.49. The number of pyridine rings is 2. The van der Waals surface area contributed by atoms with E-state index in [1.54, 1.807) is 50.5 Å². The summed E-state index contributed by atoms with van der Waals surface area (Å²) in [5.41, 5.74) is 5.02. The maximum Gasteiger partial charge on any atom is 0.115 e. The van der Waals surface area contributed by atoms with Crippen molar-refractivity contribution in [2.45, 2.75) is 32.5 Å². The fourth-order valence-corrected chi connectivity index (χ4v) is 3.80. The molecule has 0 amide bonds. The van der Waals surface area contributed by atoms with E-state index in [-0.39, 0.29) is 31.8 Å². The number of rotatable bonds is 6. The third-order valence-corrected chi connectivity index (χ3v) is 5.95. The second kappa shape index (κ2) is 17.8. The molecular formula is C34H34IrN2O3-2. The van der Waals surface area contributed by atoms with Gasteiger partial charge in [-0.3, -0.25) is 0 Å². The Bertz CT molecular complexity index is 1160. The van der Waals surface area contributed by atoms with Gasteiger partial charge in [0.1, 0.15) is 5.75 Å². The Morgan fingerprint density at radius 2 is 1.07 bits per heavy atom. The number of aliphatic hydroxyl groups is 2. The van der Waals surface area contributed by atoms with E-state index in [2.05, 4.69) is 22.1 Å². The van der Waals surface area contributed by atoms with E-state index in [9.17, 15) is 10.2 Å². The second-order valence-corrected chi connectivity index (χ2v) is 9.00. The van der Waals surface area contributed by atoms with Gasteiger partial charge in [-0.2, -0.15) is 0 Å². The van der Waals surface area contributed by atoms with Gasteiger partial charge in [0.05, 0.1) is 12.2 Å². The van der Waals surface area contributed by atoms with Crippen molar-refractivity contribution in [3.63, 3.8) is 0 Å². The summed E-state index contributed by atoms with van der Waals surface area (Å²) >= 11 is 0. The Labute approximate surface area is 250 Å². The molecule has 3 aromatic carbocycles. The van der Waals surface area contributed by atoms with Crippen molar-refractivity contribution in [2.75, 3.05) is 0 Å². The minimum absolute atomic E-state index is 0. The first kappa shape index (κ1) is 32.5. The van der Waals surface area contributed by atoms with Crippen LogP contribution in [0.1, 0.15) is 19.4 Å². The molecule has 0 bridgehead atoms. The van der Waals surface area contributed by atoms with Crippen molar-refractivity contribution < 1.29 is 35.4 Å². The first-order valence-electron chi connectivity index (χ1n) is 12.8. The summed E-state index contributed by atoms with van der Waals surface area (Å²) in [6.07, 6.45) is 3.10. The summed E-state index contributed by atoms with van der Waals surface area (Å²) in [5.74, 6) is 0.0546. The molecule has 3 N–H and O–H groups in total. The smallest absolute Gasteiger partial charge is 0.115 e. The zero-order chi connectivity index (χ0) is 27.9. The first-order chi connectivity index (χ1) is 18.9. The van der Waals surface area contributed by atoms with Crippen LogP contribution in [0.4, 0.5) is 0 Å². The molecule has 2 heterocycles. The zero-order valence-corrected chi connectivity index (χ0v) is 25.0. The normalized spacial score (nSPS) is 12.2. The molecule has 2 aromatic heterocycles. The van der Waals surface area contributed by atoms with Gasteiger partial charge in [0.15, 0.2) is 0 Å². The second-order valence-electron chi connectivity index (χ2n) is 9.00. The van der Waals surface area contributed by atoms with Gasteiger partial charge < -0.3 is 25.3 Å². The van der Waals surface area contributed by atoms with Crippen LogP contribution in [-0.4, -0.2) is 37.5 Å². The Morgan fingerprint density at radius 3 is 1.43 bits per heavy atom. The number of hydrogen-bond donors (Lipinski definition) is 3. The van der Waals surface area contributed by atoms with Gasteiger partial charge in [0.25, 0.3) is 0 Å². The van der Waals surface area contributed by atoms with Crippen molar-refractivity contribution in [1.82, 2.24) is 9.97 Å². The summed E-state index contributed by atoms with van der Waals surface area (Å²) in [5, 5.41) is 28.1. The quantitative estimate of drug-likeness (QED) is 0.178. The molecule has 0 spiro atoms. The van der Waals surface area contributed by atoms with Crippen LogP contribution in [0.2, 0.25) is 0 Å². The van der Waals surface area contributed by atoms with Gasteiger partial charge in [-0.05, 0) is 61.5 Å². The van der Waals surface area contributed by atoms with E-state index in [4.69, 9.17) is 5.11 Å². The number of hydrogen-bond acceptors (Lipinski definition) is 5. The maximum atomic E-state index is 9.49. The van der Waals surface area contributed by atoms with Gasteiger partial charge >= 0.3 is 0 Å². The van der Waals surface area contributed by atoms with Crippen LogP contribution in [-0.2, 0) is 26.5 Å². The Hall–Kier alpha value is -3.67. The molecule has 0 saturated carbocycles. The summed E-state index contributed by atoms with van der Waals surface area (Å²) in [6.45, 7) is 3.36. The van der Waals surface area contributed by atoms with E-state index < -0.39 is 12.2 Å². The molecule has 5 nitrogen and oxygen atoms in total. The van der Waals surface area contributed by atoms with Crippen LogP contribution in [0.25, 0.3) is 22.5 Å². The molecule has 2 atom stereocenters. The molecule has 6 heteroatoms. The van der Waals surface area contributed by atoms with E-state index >= 15 is 0 Å². The molecule has 5 aromatic rings. The average molecular weight is 711 g/mol. The zero-order valence-electron chi connectivity index (χ0n) is 22.6. The van der Waals surface area contributed by atoms with Crippen LogP contribution < -0.4 is 0 Å². The van der Waals surface area contributed by atoms with E-state index in [0.717, 1.165) is 28.1 Å². The molecule has 1 radical (unpaired) electrons. The fraction of sp³-hybridized carbons (Fsp3) is 0.176. The van der Waals surface area contributed by atoms with Gasteiger partial charge in [0.2, 0.25) is 0 Å². The Balaban J connectivity index is 0.000000209. The molecule has 0 aliphatic carbocycles. The summed E-state index contributed by atoms with van der Waals surface area (Å²) in [6, 6.07) is 40.4. The summed E-state index contributed by atoms with van der Waals surface area (Å²) in [4.78, 5) is 8.44. The van der Waals surface area contributed by atoms with Gasteiger partial charge in [-0.1, -0.05) is 36.4 Å². The van der Waals surface area contributed by atoms with Crippen LogP contribution in [0, 0.1) is 18.1 Å². The minimum atomic E-state index is -0.543. The number of aromatic nitrogens is 2. The summed E-state index contributed by atoms with van der Waals surface area (Å²) < 4.78 is 0. The van der Waals surface area contributed by atoms with Crippen molar-refractivity contribution in [3.05, 3.63) is 139 Å². The fourth-order valence-electron chi connectivity index (χ4n) is 3.80. The van der Waals surface area contributed by atoms with Crippen molar-refractivity contribution in [2.24, 2.45) is 5.92 Å². The molecule has 0 fully saturated rings. The Kier molecular flexibility index (Phi) is 14.5. The monoisotopic (exact) mass is 711 g/mol. The molecule has 2 unspecified atom stereocenters. The molecule has 0 saturated heterocycles. The largest absolute Gasteiger partial charge is 0.508 e. The predicted octanol–water partition coefficient (Wildman–Crippen LogP) is 6.41. The summed E-state index contributed by atoms with van der Waals surface area (Å²) in [7, 11) is 0. The van der Waals surface area contributed by atoms with Crippen LogP contribution >= 0.6 is 0 Å². The SMILES string of the molecule is CC(O)C(Cc1ccc(O)cc1)C(C)O.[Ir].[c-]1ccccc1-c1ccccn1.[c-]1ccccc1-c1ccccn1. The third kappa shape index (κ3) is 11.2. The van der Waals surface area contributed by atoms with Crippen LogP contribution in [0.3, 0.4) is 0 Å². The van der Waals surface area contributed by atoms with E-state index in [1.165, 1.54) is 0 Å². The van der Waals surface area contributed by atoms with Crippen molar-refractivity contribution >= 4 is 0 Å². The molecular weight excluding hydrogens is 677 g/mol. The molecule has 5 rings (SSSR count). The number of phenols is 1. The van der Waals surface area contributed by atoms with Crippen molar-refractivity contribution in [3.8, 4) is 28.3 Å². The number of aromatic hydroxyl groups is 1. The third-order valence-electron chi connectivity index (χ3n) is 5.95. The average Bonchev–Trinajstić information content (AvgIpc) is 2.99. The van der Waals surface area contributed by atoms with Crippen LogP contribution in [0.15, 0.2) is 122 Å². The van der Waals surface area contributed by atoms with Gasteiger partial charge in [-0.15, -0.1) is 71.8 Å². The number of benzene rings is 3. The molecule has 209 valence electrons. The molecule has 0 aliphatic rings. The minimum Gasteiger partial charge on any atom is -0.508 e. The topological polar surface area (TPSA) is 86.5 Å². The molecule has 0 aliphatic heterocycles. The number of nitrogens with zero attached hydrogens (tertiary/aromatic N) is 2. The van der Waals surface area contributed by atoms with Crippen molar-refractivity contribution in [1.29, 1.82) is 0 Å². The predicted molar refractivity (Wildman–Crippen MR) is 156 cm³/mol. The van der Waals surface area contributed by atoms with Gasteiger partial charge in [-0.25, -0.2) is 0 Å². The first-order valence-corrected chi connectivity index (χ1v) is 12.8. The Morgan fingerprint density at radius 1 is 0.625 bits per heavy atom. The van der Waals surface area contributed by atoms with E-state index in [0.29, 0.717) is 6.42 Å². The van der Waals surface area contributed by atoms with Crippen LogP contribution in [0.5, 0.6) is 5.75 Å². The number of aliphatic hydroxyl groups excluding tert-OH is 2. The standard InChI is InChI=1S/C12H18O3.2C11H8N.Ir/c1-8(13)12(9(2)14)7-10-3-5-11(15)6-4-10;2*1-2-6-10(7-3-1)11-8-4-5-9-12-11;/h3-6,8-9,12-15H,7H2,1-2H3;2*1-6,8-9H;/q;2*-1;. The number of phenolic OH excluding ortho intramolecular Hbond substituents is 1. The van der Waals surface area contributed by atoms with E-state index in [1.807, 2.05) is 84.9 Å².